The molecule has 0 saturated carbocycles. The molecule has 27 heavy (non-hydrogen) atoms. The summed E-state index contributed by atoms with van der Waals surface area (Å²) >= 11 is 5.87. The summed E-state index contributed by atoms with van der Waals surface area (Å²) in [6.07, 6.45) is 0. The van der Waals surface area contributed by atoms with Gasteiger partial charge in [0.25, 0.3) is 5.56 Å². The standard InChI is InChI=1S/C18H20ClN3O5/c1-9(2)13(10-4-6-11(19)7-5-10)17(25)27-8-12(23)14-15(20)22(3)18(26)21-16(14)24/h4-7,9,13H,8,20H2,1-3H3,(H,21,24,26)/t13-/m0/s1. The molecule has 0 amide bonds. The predicted molar refractivity (Wildman–Crippen MR) is 101 cm³/mol. The van der Waals surface area contributed by atoms with Crippen LogP contribution in [0.2, 0.25) is 5.02 Å². The van der Waals surface area contributed by atoms with Crippen molar-refractivity contribution in [2.24, 2.45) is 13.0 Å². The number of H-pyrrole nitrogens is 1. The van der Waals surface area contributed by atoms with Crippen molar-refractivity contribution in [1.82, 2.24) is 9.55 Å². The molecule has 1 aromatic heterocycles. The first-order valence-corrected chi connectivity index (χ1v) is 8.55. The summed E-state index contributed by atoms with van der Waals surface area (Å²) in [6, 6.07) is 6.75. The Morgan fingerprint density at radius 3 is 2.37 bits per heavy atom. The van der Waals surface area contributed by atoms with Gasteiger partial charge in [0, 0.05) is 12.1 Å². The van der Waals surface area contributed by atoms with E-state index < -0.39 is 41.1 Å². The lowest BCUT2D eigenvalue weighted by atomic mass is 9.88. The van der Waals surface area contributed by atoms with Gasteiger partial charge in [-0.1, -0.05) is 37.6 Å². The number of carbonyl (C=O) groups is 2. The van der Waals surface area contributed by atoms with E-state index in [1.807, 2.05) is 18.8 Å². The maximum absolute atomic E-state index is 12.5. The number of rotatable bonds is 6. The van der Waals surface area contributed by atoms with Crippen LogP contribution in [-0.2, 0) is 16.6 Å². The number of ketones is 1. The number of ether oxygens (including phenoxy) is 1. The molecule has 0 bridgehead atoms. The maximum atomic E-state index is 12.5. The van der Waals surface area contributed by atoms with Crippen molar-refractivity contribution in [3.63, 3.8) is 0 Å². The average Bonchev–Trinajstić information content (AvgIpc) is 2.59. The minimum atomic E-state index is -0.922. The molecule has 2 rings (SSSR count). The molecule has 0 aliphatic heterocycles. The summed E-state index contributed by atoms with van der Waals surface area (Å²) in [5.74, 6) is -2.40. The van der Waals surface area contributed by atoms with E-state index in [-0.39, 0.29) is 11.7 Å². The number of Topliss-reactive ketones (excluding diaryl/α,β-unsaturated/α-hetero) is 1. The lowest BCUT2D eigenvalue weighted by molar-refractivity contribution is -0.145. The summed E-state index contributed by atoms with van der Waals surface area (Å²) in [7, 11) is 1.31. The number of hydrogen-bond donors (Lipinski definition) is 2. The van der Waals surface area contributed by atoms with Gasteiger partial charge in [-0.15, -0.1) is 0 Å². The number of aromatic amines is 1. The van der Waals surface area contributed by atoms with Gasteiger partial charge in [-0.3, -0.25) is 23.9 Å². The van der Waals surface area contributed by atoms with Crippen molar-refractivity contribution >= 4 is 29.2 Å². The third-order valence-electron chi connectivity index (χ3n) is 4.14. The topological polar surface area (TPSA) is 124 Å². The van der Waals surface area contributed by atoms with Crippen LogP contribution in [0.5, 0.6) is 0 Å². The lowest BCUT2D eigenvalue weighted by Crippen LogP contribution is -2.36. The molecule has 1 aromatic carbocycles. The number of benzene rings is 1. The normalized spacial score (nSPS) is 12.0. The SMILES string of the molecule is CC(C)[C@H](C(=O)OCC(=O)c1c(N)n(C)c(=O)[nH]c1=O)c1ccc(Cl)cc1. The molecule has 0 aliphatic rings. The Bertz CT molecular complexity index is 976. The molecular formula is C18H20ClN3O5. The molecule has 0 radical (unpaired) electrons. The molecule has 0 spiro atoms. The fourth-order valence-corrected chi connectivity index (χ4v) is 2.79. The van der Waals surface area contributed by atoms with Crippen LogP contribution in [0.25, 0.3) is 0 Å². The molecule has 144 valence electrons. The zero-order valence-corrected chi connectivity index (χ0v) is 15.9. The van der Waals surface area contributed by atoms with Crippen LogP contribution in [0.15, 0.2) is 33.9 Å². The van der Waals surface area contributed by atoms with Crippen molar-refractivity contribution in [2.75, 3.05) is 12.3 Å². The minimum absolute atomic E-state index is 0.0974. The monoisotopic (exact) mass is 393 g/mol. The van der Waals surface area contributed by atoms with Crippen LogP contribution in [0, 0.1) is 5.92 Å². The summed E-state index contributed by atoms with van der Waals surface area (Å²) in [6.45, 7) is 3.02. The lowest BCUT2D eigenvalue weighted by Gasteiger charge is -2.20. The molecule has 0 aliphatic carbocycles. The van der Waals surface area contributed by atoms with Gasteiger partial charge in [-0.2, -0.15) is 0 Å². The number of nitrogens with two attached hydrogens (primary N) is 1. The highest BCUT2D eigenvalue weighted by molar-refractivity contribution is 6.30. The second-order valence-corrected chi connectivity index (χ2v) is 6.82. The Labute approximate surface area is 159 Å². The zero-order valence-electron chi connectivity index (χ0n) is 15.1. The van der Waals surface area contributed by atoms with E-state index in [9.17, 15) is 19.2 Å². The number of anilines is 1. The number of esters is 1. The van der Waals surface area contributed by atoms with E-state index in [4.69, 9.17) is 22.1 Å². The Hall–Kier alpha value is -2.87. The molecule has 2 aromatic rings. The second-order valence-electron chi connectivity index (χ2n) is 6.38. The van der Waals surface area contributed by atoms with Crippen LogP contribution >= 0.6 is 11.6 Å². The van der Waals surface area contributed by atoms with Crippen molar-refractivity contribution in [2.45, 2.75) is 19.8 Å². The van der Waals surface area contributed by atoms with Gasteiger partial charge >= 0.3 is 11.7 Å². The Morgan fingerprint density at radius 1 is 1.22 bits per heavy atom. The van der Waals surface area contributed by atoms with Crippen LogP contribution < -0.4 is 17.0 Å². The van der Waals surface area contributed by atoms with Gasteiger partial charge in [-0.05, 0) is 23.6 Å². The van der Waals surface area contributed by atoms with Crippen molar-refractivity contribution in [3.05, 3.63) is 61.3 Å². The average molecular weight is 394 g/mol. The third kappa shape index (κ3) is 4.46. The molecule has 1 atom stereocenters. The smallest absolute Gasteiger partial charge is 0.329 e. The zero-order chi connectivity index (χ0) is 20.3. The van der Waals surface area contributed by atoms with Gasteiger partial charge in [0.2, 0.25) is 5.78 Å². The summed E-state index contributed by atoms with van der Waals surface area (Å²) < 4.78 is 6.06. The number of carbonyl (C=O) groups excluding carboxylic acids is 2. The van der Waals surface area contributed by atoms with Crippen molar-refractivity contribution in [1.29, 1.82) is 0 Å². The Morgan fingerprint density at radius 2 is 1.81 bits per heavy atom. The molecule has 1 heterocycles. The number of nitrogen functional groups attached to an aromatic ring is 1. The number of nitrogens with one attached hydrogen (secondary N) is 1. The van der Waals surface area contributed by atoms with Crippen LogP contribution in [0.4, 0.5) is 5.82 Å². The molecule has 0 unspecified atom stereocenters. The highest BCUT2D eigenvalue weighted by Gasteiger charge is 2.27. The van der Waals surface area contributed by atoms with Gasteiger partial charge in [-0.25, -0.2) is 4.79 Å². The highest BCUT2D eigenvalue weighted by Crippen LogP contribution is 2.27. The number of hydrogen-bond acceptors (Lipinski definition) is 6. The molecule has 8 nitrogen and oxygen atoms in total. The van der Waals surface area contributed by atoms with Gasteiger partial charge < -0.3 is 10.5 Å². The fourth-order valence-electron chi connectivity index (χ4n) is 2.67. The Kier molecular flexibility index (Phi) is 6.22. The minimum Gasteiger partial charge on any atom is -0.457 e. The van der Waals surface area contributed by atoms with Gasteiger partial charge in [0.05, 0.1) is 5.92 Å². The number of halogens is 1. The molecular weight excluding hydrogens is 374 g/mol. The molecule has 9 heteroatoms. The quantitative estimate of drug-likeness (QED) is 0.565. The summed E-state index contributed by atoms with van der Waals surface area (Å²) in [5, 5.41) is 0.536. The van der Waals surface area contributed by atoms with Gasteiger partial charge in [0.15, 0.2) is 6.61 Å². The highest BCUT2D eigenvalue weighted by atomic mass is 35.5. The van der Waals surface area contributed by atoms with E-state index in [2.05, 4.69) is 0 Å². The summed E-state index contributed by atoms with van der Waals surface area (Å²) in [5.41, 5.74) is 4.29. The van der Waals surface area contributed by atoms with E-state index in [0.717, 1.165) is 4.57 Å². The van der Waals surface area contributed by atoms with E-state index >= 15 is 0 Å². The van der Waals surface area contributed by atoms with Gasteiger partial charge in [0.1, 0.15) is 11.4 Å². The number of nitrogens with zero attached hydrogens (tertiary/aromatic N) is 1. The summed E-state index contributed by atoms with van der Waals surface area (Å²) in [4.78, 5) is 50.2. The maximum Gasteiger partial charge on any atom is 0.329 e. The first kappa shape index (κ1) is 20.4. The van der Waals surface area contributed by atoms with Crippen LogP contribution in [-0.4, -0.2) is 27.9 Å². The first-order valence-electron chi connectivity index (χ1n) is 8.17. The number of aromatic nitrogens is 2. The fraction of sp³-hybridized carbons (Fsp3) is 0.333. The molecule has 3 N–H and O–H groups in total. The second kappa shape index (κ2) is 8.22. The Balaban J connectivity index is 2.20. The molecule has 0 fully saturated rings. The third-order valence-corrected chi connectivity index (χ3v) is 4.40. The van der Waals surface area contributed by atoms with E-state index in [0.29, 0.717) is 10.6 Å². The van der Waals surface area contributed by atoms with Crippen molar-refractivity contribution in [3.8, 4) is 0 Å². The largest absolute Gasteiger partial charge is 0.457 e. The first-order chi connectivity index (χ1) is 12.6. The van der Waals surface area contributed by atoms with Crippen LogP contribution in [0.3, 0.4) is 0 Å². The van der Waals surface area contributed by atoms with E-state index in [1.54, 1.807) is 24.3 Å². The molecule has 0 saturated heterocycles. The van der Waals surface area contributed by atoms with Crippen LogP contribution in [0.1, 0.15) is 35.7 Å². The predicted octanol–water partition coefficient (Wildman–Crippen LogP) is 1.47. The van der Waals surface area contributed by atoms with Crippen molar-refractivity contribution < 1.29 is 14.3 Å². The van der Waals surface area contributed by atoms with E-state index in [1.165, 1.54) is 7.05 Å².